The number of alkyl carbamates (subject to hydrolysis) is 1. The zero-order valence-corrected chi connectivity index (χ0v) is 13.1. The Kier molecular flexibility index (Phi) is 6.01. The molecule has 0 saturated heterocycles. The largest absolute Gasteiger partial charge is 0.444 e. The standard InChI is InChI=1S/C14H26N4O2/c1-6-18-10-12(9-16-18)8-15-7-11(2)17-13(19)20-14(3,4)5/h9-11,15H,6-8H2,1-5H3,(H,17,19). The molecule has 0 spiro atoms. The summed E-state index contributed by atoms with van der Waals surface area (Å²) in [5, 5.41) is 10.3. The van der Waals surface area contributed by atoms with E-state index in [0.29, 0.717) is 6.54 Å². The van der Waals surface area contributed by atoms with Gasteiger partial charge in [0.15, 0.2) is 0 Å². The molecule has 2 N–H and O–H groups in total. The molecule has 0 aliphatic heterocycles. The summed E-state index contributed by atoms with van der Waals surface area (Å²) in [5.41, 5.74) is 0.669. The minimum absolute atomic E-state index is 0.00562. The SMILES string of the molecule is CCn1cc(CNCC(C)NC(=O)OC(C)(C)C)cn1. The highest BCUT2D eigenvalue weighted by atomic mass is 16.6. The Morgan fingerprint density at radius 3 is 2.75 bits per heavy atom. The van der Waals surface area contributed by atoms with Gasteiger partial charge in [0, 0.05) is 37.4 Å². The third-order valence-corrected chi connectivity index (χ3v) is 2.55. The molecule has 6 heteroatoms. The summed E-state index contributed by atoms with van der Waals surface area (Å²) in [4.78, 5) is 11.6. The van der Waals surface area contributed by atoms with E-state index in [1.807, 2.05) is 44.8 Å². The summed E-state index contributed by atoms with van der Waals surface area (Å²) >= 11 is 0. The van der Waals surface area contributed by atoms with E-state index < -0.39 is 5.60 Å². The van der Waals surface area contributed by atoms with Gasteiger partial charge in [-0.05, 0) is 34.6 Å². The minimum Gasteiger partial charge on any atom is -0.444 e. The number of aromatic nitrogens is 2. The van der Waals surface area contributed by atoms with Crippen molar-refractivity contribution in [3.8, 4) is 0 Å². The molecule has 0 aromatic carbocycles. The first-order chi connectivity index (χ1) is 9.30. The van der Waals surface area contributed by atoms with Crippen molar-refractivity contribution in [2.24, 2.45) is 0 Å². The van der Waals surface area contributed by atoms with Crippen LogP contribution in [0.4, 0.5) is 4.79 Å². The summed E-state index contributed by atoms with van der Waals surface area (Å²) in [6, 6.07) is 0.00562. The average Bonchev–Trinajstić information content (AvgIpc) is 2.74. The second-order valence-electron chi connectivity index (χ2n) is 5.88. The van der Waals surface area contributed by atoms with Crippen LogP contribution >= 0.6 is 0 Å². The Labute approximate surface area is 120 Å². The number of ether oxygens (including phenoxy) is 1. The first kappa shape index (κ1) is 16.5. The molecule has 20 heavy (non-hydrogen) atoms. The Hall–Kier alpha value is -1.56. The van der Waals surface area contributed by atoms with Crippen LogP contribution in [0.2, 0.25) is 0 Å². The van der Waals surface area contributed by atoms with Crippen molar-refractivity contribution in [2.75, 3.05) is 6.54 Å². The first-order valence-electron chi connectivity index (χ1n) is 7.01. The molecule has 1 rings (SSSR count). The van der Waals surface area contributed by atoms with Crippen LogP contribution in [0, 0.1) is 0 Å². The van der Waals surface area contributed by atoms with Gasteiger partial charge in [-0.2, -0.15) is 5.10 Å². The van der Waals surface area contributed by atoms with E-state index in [-0.39, 0.29) is 12.1 Å². The number of rotatable bonds is 6. The van der Waals surface area contributed by atoms with Crippen LogP contribution in [-0.4, -0.2) is 34.1 Å². The summed E-state index contributed by atoms with van der Waals surface area (Å²) in [5.74, 6) is 0. The third-order valence-electron chi connectivity index (χ3n) is 2.55. The Morgan fingerprint density at radius 2 is 2.20 bits per heavy atom. The fraction of sp³-hybridized carbons (Fsp3) is 0.714. The number of amides is 1. The van der Waals surface area contributed by atoms with Crippen LogP contribution in [-0.2, 0) is 17.8 Å². The van der Waals surface area contributed by atoms with Crippen LogP contribution in [0.15, 0.2) is 12.4 Å². The van der Waals surface area contributed by atoms with E-state index in [0.717, 1.165) is 18.7 Å². The number of nitrogens with zero attached hydrogens (tertiary/aromatic N) is 2. The highest BCUT2D eigenvalue weighted by Gasteiger charge is 2.17. The number of aryl methyl sites for hydroxylation is 1. The minimum atomic E-state index is -0.466. The van der Waals surface area contributed by atoms with Crippen molar-refractivity contribution >= 4 is 6.09 Å². The fourth-order valence-electron chi connectivity index (χ4n) is 1.66. The molecule has 1 amide bonds. The lowest BCUT2D eigenvalue weighted by molar-refractivity contribution is 0.0508. The van der Waals surface area contributed by atoms with Crippen LogP contribution in [0.25, 0.3) is 0 Å². The molecule has 6 nitrogen and oxygen atoms in total. The summed E-state index contributed by atoms with van der Waals surface area (Å²) < 4.78 is 7.09. The van der Waals surface area contributed by atoms with Gasteiger partial charge >= 0.3 is 6.09 Å². The van der Waals surface area contributed by atoms with E-state index >= 15 is 0 Å². The molecule has 0 radical (unpaired) electrons. The normalized spacial score (nSPS) is 13.1. The van der Waals surface area contributed by atoms with Crippen molar-refractivity contribution < 1.29 is 9.53 Å². The average molecular weight is 282 g/mol. The number of carbonyl (C=O) groups excluding carboxylic acids is 1. The predicted octanol–water partition coefficient (Wildman–Crippen LogP) is 1.91. The number of nitrogens with one attached hydrogen (secondary N) is 2. The monoisotopic (exact) mass is 282 g/mol. The van der Waals surface area contributed by atoms with E-state index in [2.05, 4.69) is 22.7 Å². The molecule has 0 aliphatic carbocycles. The fourth-order valence-corrected chi connectivity index (χ4v) is 1.66. The highest BCUT2D eigenvalue weighted by molar-refractivity contribution is 5.68. The van der Waals surface area contributed by atoms with Gasteiger partial charge in [0.2, 0.25) is 0 Å². The van der Waals surface area contributed by atoms with Crippen LogP contribution < -0.4 is 10.6 Å². The maximum absolute atomic E-state index is 11.6. The van der Waals surface area contributed by atoms with Gasteiger partial charge in [-0.25, -0.2) is 4.79 Å². The molecule has 1 aromatic rings. The maximum Gasteiger partial charge on any atom is 0.407 e. The van der Waals surface area contributed by atoms with Gasteiger partial charge in [0.05, 0.1) is 6.20 Å². The maximum atomic E-state index is 11.6. The zero-order valence-electron chi connectivity index (χ0n) is 13.1. The molecule has 1 atom stereocenters. The van der Waals surface area contributed by atoms with E-state index in [1.54, 1.807) is 0 Å². The second kappa shape index (κ2) is 7.28. The van der Waals surface area contributed by atoms with Gasteiger partial charge < -0.3 is 15.4 Å². The smallest absolute Gasteiger partial charge is 0.407 e. The Morgan fingerprint density at radius 1 is 1.50 bits per heavy atom. The lowest BCUT2D eigenvalue weighted by atomic mass is 10.2. The lowest BCUT2D eigenvalue weighted by Gasteiger charge is -2.22. The number of hydrogen-bond donors (Lipinski definition) is 2. The van der Waals surface area contributed by atoms with Crippen LogP contribution in [0.3, 0.4) is 0 Å². The molecule has 1 unspecified atom stereocenters. The predicted molar refractivity (Wildman–Crippen MR) is 78.4 cm³/mol. The van der Waals surface area contributed by atoms with Crippen molar-refractivity contribution in [1.29, 1.82) is 0 Å². The second-order valence-corrected chi connectivity index (χ2v) is 5.88. The lowest BCUT2D eigenvalue weighted by Crippen LogP contribution is -2.42. The van der Waals surface area contributed by atoms with Gasteiger partial charge in [0.25, 0.3) is 0 Å². The van der Waals surface area contributed by atoms with Gasteiger partial charge in [-0.3, -0.25) is 4.68 Å². The van der Waals surface area contributed by atoms with E-state index in [9.17, 15) is 4.79 Å². The van der Waals surface area contributed by atoms with E-state index in [1.165, 1.54) is 0 Å². The molecule has 0 aliphatic rings. The molecule has 114 valence electrons. The quantitative estimate of drug-likeness (QED) is 0.836. The highest BCUT2D eigenvalue weighted by Crippen LogP contribution is 2.06. The molecular weight excluding hydrogens is 256 g/mol. The molecule has 0 saturated carbocycles. The molecular formula is C14H26N4O2. The molecule has 0 bridgehead atoms. The van der Waals surface area contributed by atoms with Gasteiger partial charge in [-0.15, -0.1) is 0 Å². The van der Waals surface area contributed by atoms with Gasteiger partial charge in [0.1, 0.15) is 5.60 Å². The first-order valence-corrected chi connectivity index (χ1v) is 7.01. The number of carbonyl (C=O) groups is 1. The summed E-state index contributed by atoms with van der Waals surface area (Å²) in [6.45, 7) is 11.8. The Bertz CT molecular complexity index is 423. The zero-order chi connectivity index (χ0) is 15.2. The van der Waals surface area contributed by atoms with Crippen molar-refractivity contribution in [1.82, 2.24) is 20.4 Å². The summed E-state index contributed by atoms with van der Waals surface area (Å²) in [7, 11) is 0. The van der Waals surface area contributed by atoms with Crippen molar-refractivity contribution in [3.63, 3.8) is 0 Å². The van der Waals surface area contributed by atoms with Gasteiger partial charge in [-0.1, -0.05) is 0 Å². The van der Waals surface area contributed by atoms with Crippen LogP contribution in [0.1, 0.15) is 40.2 Å². The van der Waals surface area contributed by atoms with Crippen molar-refractivity contribution in [2.45, 2.75) is 59.4 Å². The molecule has 1 heterocycles. The third kappa shape index (κ3) is 6.56. The van der Waals surface area contributed by atoms with Crippen LogP contribution in [0.5, 0.6) is 0 Å². The Balaban J connectivity index is 2.22. The molecule has 1 aromatic heterocycles. The van der Waals surface area contributed by atoms with E-state index in [4.69, 9.17) is 4.74 Å². The summed E-state index contributed by atoms with van der Waals surface area (Å²) in [6.07, 6.45) is 3.48. The molecule has 0 fully saturated rings. The van der Waals surface area contributed by atoms with Crippen molar-refractivity contribution in [3.05, 3.63) is 18.0 Å². The number of hydrogen-bond acceptors (Lipinski definition) is 4. The topological polar surface area (TPSA) is 68.2 Å².